The van der Waals surface area contributed by atoms with Gasteiger partial charge in [-0.2, -0.15) is 0 Å². The summed E-state index contributed by atoms with van der Waals surface area (Å²) in [6.45, 7) is 6.83. The Kier molecular flexibility index (Phi) is 3.94. The molecule has 0 aromatic heterocycles. The van der Waals surface area contributed by atoms with Crippen LogP contribution in [0.25, 0.3) is 0 Å². The quantitative estimate of drug-likeness (QED) is 0.454. The number of rotatable bonds is 4. The third-order valence-electron chi connectivity index (χ3n) is 2.78. The summed E-state index contributed by atoms with van der Waals surface area (Å²) >= 11 is 0. The van der Waals surface area contributed by atoms with E-state index in [9.17, 15) is 14.4 Å². The Bertz CT molecular complexity index is 463. The van der Waals surface area contributed by atoms with E-state index in [1.807, 2.05) is 32.9 Å². The fraction of sp³-hybridized carbons (Fsp3) is 0.357. The Labute approximate surface area is 101 Å². The summed E-state index contributed by atoms with van der Waals surface area (Å²) in [6, 6.07) is 3.75. The van der Waals surface area contributed by atoms with Gasteiger partial charge < -0.3 is 4.79 Å². The van der Waals surface area contributed by atoms with Crippen molar-refractivity contribution in [3.8, 4) is 0 Å². The lowest BCUT2D eigenvalue weighted by Crippen LogP contribution is -2.25. The summed E-state index contributed by atoms with van der Waals surface area (Å²) in [6.07, 6.45) is 0.420. The second kappa shape index (κ2) is 5.04. The number of carbonyl (C=O) groups excluding carboxylic acids is 3. The molecule has 0 heterocycles. The summed E-state index contributed by atoms with van der Waals surface area (Å²) in [5.74, 6) is -1.98. The molecule has 0 saturated heterocycles. The smallest absolute Gasteiger partial charge is 0.181 e. The van der Waals surface area contributed by atoms with E-state index in [2.05, 4.69) is 0 Å². The normalized spacial score (nSPS) is 12.0. The molecule has 0 radical (unpaired) electrons. The molecule has 1 unspecified atom stereocenters. The van der Waals surface area contributed by atoms with E-state index < -0.39 is 17.5 Å². The van der Waals surface area contributed by atoms with Gasteiger partial charge in [0.1, 0.15) is 18.0 Å². The Morgan fingerprint density at radius 1 is 1.12 bits per heavy atom. The molecule has 1 atom stereocenters. The Hall–Kier alpha value is -1.77. The number of hydrogen-bond donors (Lipinski definition) is 0. The predicted octanol–water partition coefficient (Wildman–Crippen LogP) is 2.20. The van der Waals surface area contributed by atoms with E-state index in [1.54, 1.807) is 0 Å². The summed E-state index contributed by atoms with van der Waals surface area (Å²) in [4.78, 5) is 34.2. The minimum absolute atomic E-state index is 0.400. The van der Waals surface area contributed by atoms with Gasteiger partial charge in [0.05, 0.1) is 0 Å². The van der Waals surface area contributed by atoms with Gasteiger partial charge in [-0.3, -0.25) is 9.59 Å². The van der Waals surface area contributed by atoms with Crippen LogP contribution in [0.5, 0.6) is 0 Å². The lowest BCUT2D eigenvalue weighted by molar-refractivity contribution is -0.123. The van der Waals surface area contributed by atoms with Crippen molar-refractivity contribution in [2.45, 2.75) is 27.7 Å². The third kappa shape index (κ3) is 2.67. The maximum atomic E-state index is 12.1. The minimum Gasteiger partial charge on any atom is -0.302 e. The largest absolute Gasteiger partial charge is 0.302 e. The first kappa shape index (κ1) is 13.3. The molecule has 1 rings (SSSR count). The zero-order chi connectivity index (χ0) is 13.2. The molecule has 0 amide bonds. The Morgan fingerprint density at radius 3 is 1.94 bits per heavy atom. The number of carbonyl (C=O) groups is 3. The van der Waals surface area contributed by atoms with Gasteiger partial charge >= 0.3 is 0 Å². The minimum atomic E-state index is -1.17. The van der Waals surface area contributed by atoms with Gasteiger partial charge in [-0.15, -0.1) is 0 Å². The van der Waals surface area contributed by atoms with E-state index in [0.717, 1.165) is 16.7 Å². The van der Waals surface area contributed by atoms with Crippen molar-refractivity contribution < 1.29 is 14.4 Å². The highest BCUT2D eigenvalue weighted by molar-refractivity contribution is 6.19. The van der Waals surface area contributed by atoms with Gasteiger partial charge in [-0.05, 0) is 38.8 Å². The van der Waals surface area contributed by atoms with E-state index in [4.69, 9.17) is 0 Å². The molecule has 0 aliphatic heterocycles. The number of benzene rings is 1. The number of hydrogen-bond acceptors (Lipinski definition) is 3. The third-order valence-corrected chi connectivity index (χ3v) is 2.78. The zero-order valence-electron chi connectivity index (χ0n) is 10.5. The molecule has 0 aliphatic carbocycles. The van der Waals surface area contributed by atoms with Gasteiger partial charge in [-0.1, -0.05) is 17.7 Å². The fourth-order valence-corrected chi connectivity index (χ4v) is 2.07. The van der Waals surface area contributed by atoms with Crippen molar-refractivity contribution in [1.29, 1.82) is 0 Å². The Morgan fingerprint density at radius 2 is 1.59 bits per heavy atom. The molecule has 0 bridgehead atoms. The number of aryl methyl sites for hydroxylation is 3. The zero-order valence-corrected chi connectivity index (χ0v) is 10.5. The molecule has 3 heteroatoms. The summed E-state index contributed by atoms with van der Waals surface area (Å²) in [7, 11) is 0. The molecule has 0 saturated carbocycles. The highest BCUT2D eigenvalue weighted by Crippen LogP contribution is 2.20. The molecule has 90 valence electrons. The van der Waals surface area contributed by atoms with Crippen LogP contribution in [-0.4, -0.2) is 17.9 Å². The van der Waals surface area contributed by atoms with Crippen LogP contribution in [0.1, 0.15) is 34.0 Å². The van der Waals surface area contributed by atoms with E-state index in [1.165, 1.54) is 6.92 Å². The van der Waals surface area contributed by atoms with Crippen LogP contribution in [0.2, 0.25) is 0 Å². The second-order valence-electron chi connectivity index (χ2n) is 4.36. The predicted molar refractivity (Wildman–Crippen MR) is 65.2 cm³/mol. The van der Waals surface area contributed by atoms with Crippen molar-refractivity contribution in [2.75, 3.05) is 0 Å². The molecule has 0 spiro atoms. The van der Waals surface area contributed by atoms with Gasteiger partial charge in [0.15, 0.2) is 5.78 Å². The molecule has 1 aromatic carbocycles. The van der Waals surface area contributed by atoms with Crippen molar-refractivity contribution in [2.24, 2.45) is 5.92 Å². The molecule has 17 heavy (non-hydrogen) atoms. The summed E-state index contributed by atoms with van der Waals surface area (Å²) in [5.41, 5.74) is 3.16. The topological polar surface area (TPSA) is 51.2 Å². The first-order valence-electron chi connectivity index (χ1n) is 5.46. The lowest BCUT2D eigenvalue weighted by Gasteiger charge is -2.12. The van der Waals surface area contributed by atoms with E-state index in [-0.39, 0.29) is 0 Å². The molecule has 0 aliphatic rings. The highest BCUT2D eigenvalue weighted by atomic mass is 16.2. The van der Waals surface area contributed by atoms with Gasteiger partial charge in [0.2, 0.25) is 0 Å². The van der Waals surface area contributed by atoms with Gasteiger partial charge in [0.25, 0.3) is 0 Å². The highest BCUT2D eigenvalue weighted by Gasteiger charge is 2.26. The molecule has 1 aromatic rings. The first-order chi connectivity index (χ1) is 7.88. The number of aldehydes is 1. The average Bonchev–Trinajstić information content (AvgIpc) is 2.15. The summed E-state index contributed by atoms with van der Waals surface area (Å²) < 4.78 is 0. The van der Waals surface area contributed by atoms with Crippen molar-refractivity contribution in [1.82, 2.24) is 0 Å². The van der Waals surface area contributed by atoms with Crippen LogP contribution in [0.15, 0.2) is 12.1 Å². The van der Waals surface area contributed by atoms with E-state index >= 15 is 0 Å². The van der Waals surface area contributed by atoms with Crippen LogP contribution >= 0.6 is 0 Å². The molecular formula is C14H16O3. The van der Waals surface area contributed by atoms with Crippen molar-refractivity contribution in [3.63, 3.8) is 0 Å². The standard InChI is InChI=1S/C14H16O3/c1-8-5-9(2)13(10(3)6-8)14(17)12(7-15)11(4)16/h5-7,12H,1-4H3. The van der Waals surface area contributed by atoms with Crippen LogP contribution in [0.3, 0.4) is 0 Å². The Balaban J connectivity index is 3.30. The number of ketones is 2. The molecule has 0 N–H and O–H groups in total. The van der Waals surface area contributed by atoms with Crippen LogP contribution in [0, 0.1) is 26.7 Å². The van der Waals surface area contributed by atoms with E-state index in [0.29, 0.717) is 11.8 Å². The second-order valence-corrected chi connectivity index (χ2v) is 4.36. The summed E-state index contributed by atoms with van der Waals surface area (Å²) in [5, 5.41) is 0. The van der Waals surface area contributed by atoms with Crippen molar-refractivity contribution >= 4 is 17.9 Å². The van der Waals surface area contributed by atoms with Crippen LogP contribution in [-0.2, 0) is 9.59 Å². The SMILES string of the molecule is CC(=O)C(C=O)C(=O)c1c(C)cc(C)cc1C. The lowest BCUT2D eigenvalue weighted by atomic mass is 9.89. The maximum Gasteiger partial charge on any atom is 0.181 e. The first-order valence-corrected chi connectivity index (χ1v) is 5.46. The number of Topliss-reactive ketones (excluding diaryl/α,β-unsaturated/α-hetero) is 2. The average molecular weight is 232 g/mol. The van der Waals surface area contributed by atoms with Crippen LogP contribution in [0.4, 0.5) is 0 Å². The fourth-order valence-electron chi connectivity index (χ4n) is 2.07. The van der Waals surface area contributed by atoms with Crippen LogP contribution < -0.4 is 0 Å². The monoisotopic (exact) mass is 232 g/mol. The van der Waals surface area contributed by atoms with Gasteiger partial charge in [0, 0.05) is 5.56 Å². The molecule has 3 nitrogen and oxygen atoms in total. The maximum absolute atomic E-state index is 12.1. The molecular weight excluding hydrogens is 216 g/mol. The molecule has 0 fully saturated rings. The van der Waals surface area contributed by atoms with Gasteiger partial charge in [-0.25, -0.2) is 0 Å². The van der Waals surface area contributed by atoms with Crippen molar-refractivity contribution in [3.05, 3.63) is 34.4 Å².